The number of nitrogens with zero attached hydrogens (tertiary/aromatic N) is 5. The van der Waals surface area contributed by atoms with Crippen LogP contribution in [-0.2, 0) is 13.6 Å². The quantitative estimate of drug-likeness (QED) is 0.412. The van der Waals surface area contributed by atoms with Gasteiger partial charge in [0, 0.05) is 56.0 Å². The minimum Gasteiger partial charge on any atom is -0.460 e. The second-order valence-electron chi connectivity index (χ2n) is 9.87. The van der Waals surface area contributed by atoms with Crippen LogP contribution in [0.1, 0.15) is 31.7 Å². The molecule has 7 nitrogen and oxygen atoms in total. The molecule has 35 heavy (non-hydrogen) atoms. The zero-order chi connectivity index (χ0) is 24.2. The summed E-state index contributed by atoms with van der Waals surface area (Å²) in [6, 6.07) is 13.1. The summed E-state index contributed by atoms with van der Waals surface area (Å²) in [5.41, 5.74) is 3.85. The summed E-state index contributed by atoms with van der Waals surface area (Å²) in [4.78, 5) is 24.4. The Hall–Kier alpha value is -3.68. The van der Waals surface area contributed by atoms with Crippen molar-refractivity contribution >= 4 is 16.9 Å². The van der Waals surface area contributed by atoms with Crippen LogP contribution in [0.25, 0.3) is 22.0 Å². The smallest absolute Gasteiger partial charge is 0.274 e. The number of halogens is 1. The third-order valence-electron chi connectivity index (χ3n) is 7.47. The molecule has 2 aromatic heterocycles. The molecule has 4 aromatic rings. The molecule has 1 saturated heterocycles. The molecule has 2 aromatic carbocycles. The van der Waals surface area contributed by atoms with Crippen LogP contribution in [-0.4, -0.2) is 38.8 Å². The highest BCUT2D eigenvalue weighted by atomic mass is 19.1. The molecule has 3 heterocycles. The molecule has 0 N–H and O–H groups in total. The van der Waals surface area contributed by atoms with Crippen LogP contribution >= 0.6 is 0 Å². The lowest BCUT2D eigenvalue weighted by Gasteiger charge is -2.55. The van der Waals surface area contributed by atoms with Crippen molar-refractivity contribution in [2.75, 3.05) is 18.0 Å². The van der Waals surface area contributed by atoms with E-state index in [1.54, 1.807) is 17.8 Å². The minimum atomic E-state index is -1.42. The number of anilines is 1. The van der Waals surface area contributed by atoms with E-state index in [4.69, 9.17) is 4.74 Å². The van der Waals surface area contributed by atoms with Crippen molar-refractivity contribution in [3.63, 3.8) is 0 Å². The fourth-order valence-corrected chi connectivity index (χ4v) is 5.36. The predicted octanol–water partition coefficient (Wildman–Crippen LogP) is 4.53. The van der Waals surface area contributed by atoms with Crippen LogP contribution in [0.5, 0.6) is 5.75 Å². The van der Waals surface area contributed by atoms with Crippen molar-refractivity contribution in [3.8, 4) is 16.9 Å². The number of para-hydroxylation sites is 1. The maximum Gasteiger partial charge on any atom is 0.274 e. The van der Waals surface area contributed by atoms with Gasteiger partial charge in [0.25, 0.3) is 5.56 Å². The zero-order valence-electron chi connectivity index (χ0n) is 19.9. The van der Waals surface area contributed by atoms with Crippen molar-refractivity contribution in [1.82, 2.24) is 19.3 Å². The van der Waals surface area contributed by atoms with Crippen LogP contribution in [0.15, 0.2) is 59.7 Å². The standard InChI is InChI=1S/C27H28FN5O2/c1-18(28)35-24-7-4-3-6-20(24)15-33-23-12-19(8-9-22(23)25(34)31(33)2)21-13-29-26(30-14-21)32-16-27(17-32)10-5-11-27/h3-4,6-9,12-14,18H,5,10-11,15-17H2,1-2H3. The van der Waals surface area contributed by atoms with Crippen molar-refractivity contribution in [2.45, 2.75) is 39.1 Å². The number of rotatable bonds is 6. The maximum atomic E-state index is 13.5. The lowest BCUT2D eigenvalue weighted by atomic mass is 9.64. The molecule has 0 bridgehead atoms. The van der Waals surface area contributed by atoms with E-state index >= 15 is 0 Å². The second kappa shape index (κ2) is 8.22. The molecule has 1 aliphatic carbocycles. The molecule has 8 heteroatoms. The Kier molecular flexibility index (Phi) is 5.12. The molecule has 6 rings (SSSR count). The summed E-state index contributed by atoms with van der Waals surface area (Å²) in [5.74, 6) is 1.24. The predicted molar refractivity (Wildman–Crippen MR) is 133 cm³/mol. The van der Waals surface area contributed by atoms with Crippen molar-refractivity contribution in [1.29, 1.82) is 0 Å². The highest BCUT2D eigenvalue weighted by Crippen LogP contribution is 2.48. The van der Waals surface area contributed by atoms with Gasteiger partial charge in [-0.1, -0.05) is 30.7 Å². The molecule has 1 aliphatic heterocycles. The number of ether oxygens (including phenoxy) is 1. The van der Waals surface area contributed by atoms with E-state index in [-0.39, 0.29) is 5.56 Å². The SMILES string of the molecule is CC(F)Oc1ccccc1Cn1c2cc(-c3cnc(N4CC5(CCC5)C4)nc3)ccc2c(=O)n1C. The van der Waals surface area contributed by atoms with Crippen LogP contribution in [0.3, 0.4) is 0 Å². The Morgan fingerprint density at radius 1 is 1.09 bits per heavy atom. The summed E-state index contributed by atoms with van der Waals surface area (Å²) in [6.07, 6.45) is 6.27. The molecule has 1 unspecified atom stereocenters. The molecule has 180 valence electrons. The molecule has 1 spiro atoms. The number of benzene rings is 2. The first-order valence-electron chi connectivity index (χ1n) is 12.1. The van der Waals surface area contributed by atoms with Gasteiger partial charge < -0.3 is 9.64 Å². The van der Waals surface area contributed by atoms with Gasteiger partial charge in [-0.2, -0.15) is 0 Å². The van der Waals surface area contributed by atoms with Gasteiger partial charge in [0.1, 0.15) is 5.75 Å². The van der Waals surface area contributed by atoms with E-state index in [0.29, 0.717) is 23.1 Å². The lowest BCUT2D eigenvalue weighted by Crippen LogP contribution is -2.60. The Labute approximate surface area is 202 Å². The average Bonchev–Trinajstić information content (AvgIpc) is 3.03. The molecule has 0 radical (unpaired) electrons. The summed E-state index contributed by atoms with van der Waals surface area (Å²) in [6.45, 7) is 3.83. The molecule has 2 fully saturated rings. The topological polar surface area (TPSA) is 65.2 Å². The van der Waals surface area contributed by atoms with Gasteiger partial charge in [-0.25, -0.2) is 14.4 Å². The average molecular weight is 474 g/mol. The zero-order valence-corrected chi connectivity index (χ0v) is 19.9. The number of hydrogen-bond acceptors (Lipinski definition) is 5. The first-order valence-corrected chi connectivity index (χ1v) is 12.1. The van der Waals surface area contributed by atoms with Gasteiger partial charge in [-0.15, -0.1) is 0 Å². The fourth-order valence-electron chi connectivity index (χ4n) is 5.36. The van der Waals surface area contributed by atoms with Gasteiger partial charge in [0.2, 0.25) is 12.3 Å². The van der Waals surface area contributed by atoms with Gasteiger partial charge in [0.05, 0.1) is 17.4 Å². The molecule has 1 atom stereocenters. The Morgan fingerprint density at radius 2 is 1.83 bits per heavy atom. The Bertz CT molecular complexity index is 1440. The van der Waals surface area contributed by atoms with E-state index in [9.17, 15) is 9.18 Å². The van der Waals surface area contributed by atoms with Crippen LogP contribution in [0, 0.1) is 5.41 Å². The molecular formula is C27H28FN5O2. The van der Waals surface area contributed by atoms with Crippen molar-refractivity contribution in [2.24, 2.45) is 12.5 Å². The minimum absolute atomic E-state index is 0.0851. The third kappa shape index (κ3) is 3.77. The molecular weight excluding hydrogens is 445 g/mol. The Morgan fingerprint density at radius 3 is 2.51 bits per heavy atom. The lowest BCUT2D eigenvalue weighted by molar-refractivity contribution is 0.0847. The molecule has 0 amide bonds. The first-order chi connectivity index (χ1) is 16.9. The number of alkyl halides is 1. The van der Waals surface area contributed by atoms with Crippen LogP contribution in [0.4, 0.5) is 10.3 Å². The van der Waals surface area contributed by atoms with Gasteiger partial charge in [-0.05, 0) is 36.6 Å². The molecule has 2 aliphatic rings. The first kappa shape index (κ1) is 21.8. The van der Waals surface area contributed by atoms with E-state index in [2.05, 4.69) is 14.9 Å². The van der Waals surface area contributed by atoms with Crippen LogP contribution in [0.2, 0.25) is 0 Å². The monoisotopic (exact) mass is 473 g/mol. The van der Waals surface area contributed by atoms with E-state index in [1.807, 2.05) is 53.5 Å². The van der Waals surface area contributed by atoms with Crippen LogP contribution < -0.4 is 15.2 Å². The summed E-state index contributed by atoms with van der Waals surface area (Å²) in [7, 11) is 1.74. The maximum absolute atomic E-state index is 13.5. The number of hydrogen-bond donors (Lipinski definition) is 0. The highest BCUT2D eigenvalue weighted by molar-refractivity contribution is 5.84. The Balaban J connectivity index is 1.31. The van der Waals surface area contributed by atoms with Gasteiger partial charge in [-0.3, -0.25) is 14.2 Å². The fraction of sp³-hybridized carbons (Fsp3) is 0.370. The number of fused-ring (bicyclic) bond motifs is 1. The molecule has 1 saturated carbocycles. The largest absolute Gasteiger partial charge is 0.460 e. The van der Waals surface area contributed by atoms with E-state index in [0.717, 1.165) is 41.2 Å². The van der Waals surface area contributed by atoms with Crippen molar-refractivity contribution in [3.05, 3.63) is 70.8 Å². The summed E-state index contributed by atoms with van der Waals surface area (Å²) < 4.78 is 22.4. The van der Waals surface area contributed by atoms with E-state index < -0.39 is 6.36 Å². The second-order valence-corrected chi connectivity index (χ2v) is 9.87. The summed E-state index contributed by atoms with van der Waals surface area (Å²) in [5, 5.41) is 0.623. The normalized spacial score (nSPS) is 17.3. The van der Waals surface area contributed by atoms with Gasteiger partial charge in [0.15, 0.2) is 0 Å². The van der Waals surface area contributed by atoms with Gasteiger partial charge >= 0.3 is 0 Å². The summed E-state index contributed by atoms with van der Waals surface area (Å²) >= 11 is 0. The number of aromatic nitrogens is 4. The van der Waals surface area contributed by atoms with Crippen molar-refractivity contribution < 1.29 is 9.13 Å². The third-order valence-corrected chi connectivity index (χ3v) is 7.47. The van der Waals surface area contributed by atoms with E-state index in [1.165, 1.54) is 26.2 Å². The highest BCUT2D eigenvalue weighted by Gasteiger charge is 2.48.